The molecule has 0 bridgehead atoms. The van der Waals surface area contributed by atoms with Gasteiger partial charge in [-0.25, -0.2) is 0 Å². The molecule has 0 aromatic carbocycles. The Morgan fingerprint density at radius 3 is 2.50 bits per heavy atom. The highest BCUT2D eigenvalue weighted by atomic mass is 28.5. The molecule has 10 heteroatoms. The summed E-state index contributed by atoms with van der Waals surface area (Å²) in [7, 11) is -5.48. The molecule has 7 nitrogen and oxygen atoms in total. The Hall–Kier alpha value is 0.371. The highest BCUT2D eigenvalue weighted by Crippen LogP contribution is 2.16. The second kappa shape index (κ2) is 7.63. The highest BCUT2D eigenvalue weighted by Gasteiger charge is 2.42. The normalized spacial score (nSPS) is 15.9. The molecule has 0 saturated carbocycles. The van der Waals surface area contributed by atoms with E-state index in [2.05, 4.69) is 0 Å². The van der Waals surface area contributed by atoms with Gasteiger partial charge in [0.05, 0.1) is 0 Å². The molecule has 5 N–H and O–H groups in total. The van der Waals surface area contributed by atoms with E-state index in [1.165, 1.54) is 7.11 Å². The monoisotopic (exact) mass is 256 g/mol. The number of hydrogen-bond donors (Lipinski definition) is 4. The number of hydrogen-bond acceptors (Lipinski definition) is 7. The summed E-state index contributed by atoms with van der Waals surface area (Å²) in [4.78, 5) is 26.1. The van der Waals surface area contributed by atoms with Gasteiger partial charge < -0.3 is 32.8 Å². The van der Waals surface area contributed by atoms with Crippen LogP contribution in [0.3, 0.4) is 0 Å². The average molecular weight is 256 g/mol. The van der Waals surface area contributed by atoms with Crippen LogP contribution in [-0.4, -0.2) is 56.4 Å². The largest absolute Gasteiger partial charge is 0.563 e. The Morgan fingerprint density at radius 2 is 2.14 bits per heavy atom. The summed E-state index contributed by atoms with van der Waals surface area (Å²) in [5, 5.41) is 0. The lowest BCUT2D eigenvalue weighted by Gasteiger charge is -2.26. The van der Waals surface area contributed by atoms with Gasteiger partial charge in [0.1, 0.15) is 0 Å². The third kappa shape index (κ3) is 5.30. The highest BCUT2D eigenvalue weighted by molar-refractivity contribution is 6.70. The van der Waals surface area contributed by atoms with E-state index in [4.69, 9.17) is 32.8 Å². The van der Waals surface area contributed by atoms with Gasteiger partial charge in [0, 0.05) is 13.2 Å². The predicted octanol–water partition coefficient (Wildman–Crippen LogP) is -2.55. The molecule has 0 aromatic rings. The van der Waals surface area contributed by atoms with E-state index in [1.807, 2.05) is 0 Å². The minimum absolute atomic E-state index is 0.350. The SMILES string of the molecule is CO[Si](CCCN)(O[Si]O)O[Si](O)O. The van der Waals surface area contributed by atoms with Crippen molar-refractivity contribution in [3.05, 3.63) is 0 Å². The van der Waals surface area contributed by atoms with E-state index in [0.29, 0.717) is 19.0 Å². The van der Waals surface area contributed by atoms with Crippen molar-refractivity contribution in [2.24, 2.45) is 5.73 Å². The summed E-state index contributed by atoms with van der Waals surface area (Å²) in [6.07, 6.45) is 0.569. The first-order valence-electron chi connectivity index (χ1n) is 3.86. The Bertz CT molecular complexity index is 151. The van der Waals surface area contributed by atoms with Crippen LogP contribution in [-0.2, 0) is 12.7 Å². The lowest BCUT2D eigenvalue weighted by molar-refractivity contribution is 0.156. The van der Waals surface area contributed by atoms with Crippen LogP contribution in [0.25, 0.3) is 0 Å². The standard InChI is InChI=1S/C4H14NO6Si3/c1-9-14(10-12-6,4-2-3-5)11-13(7)8/h6-8H,2-5H2,1H3. The first-order valence-corrected chi connectivity index (χ1v) is 7.95. The second-order valence-electron chi connectivity index (χ2n) is 2.36. The van der Waals surface area contributed by atoms with Crippen LogP contribution in [0.1, 0.15) is 6.42 Å². The number of rotatable bonds is 8. The van der Waals surface area contributed by atoms with Crippen molar-refractivity contribution in [3.8, 4) is 0 Å². The van der Waals surface area contributed by atoms with E-state index < -0.39 is 28.3 Å². The Morgan fingerprint density at radius 1 is 1.50 bits per heavy atom. The summed E-state index contributed by atoms with van der Waals surface area (Å²) in [6.45, 7) is 0.415. The van der Waals surface area contributed by atoms with E-state index >= 15 is 0 Å². The molecule has 0 fully saturated rings. The van der Waals surface area contributed by atoms with Crippen LogP contribution in [0.4, 0.5) is 0 Å². The van der Waals surface area contributed by atoms with Gasteiger partial charge >= 0.3 is 28.3 Å². The van der Waals surface area contributed by atoms with Crippen LogP contribution < -0.4 is 5.73 Å². The molecule has 0 aliphatic heterocycles. The van der Waals surface area contributed by atoms with Crippen molar-refractivity contribution in [2.75, 3.05) is 13.7 Å². The summed E-state index contributed by atoms with van der Waals surface area (Å²) >= 11 is 0. The third-order valence-corrected chi connectivity index (χ3v) is 6.62. The molecule has 0 saturated heterocycles. The predicted molar refractivity (Wildman–Crippen MR) is 51.6 cm³/mol. The molecule has 3 radical (unpaired) electrons. The second-order valence-corrected chi connectivity index (χ2v) is 7.01. The van der Waals surface area contributed by atoms with Gasteiger partial charge in [-0.3, -0.25) is 0 Å². The van der Waals surface area contributed by atoms with Gasteiger partial charge in [-0.2, -0.15) is 0 Å². The molecule has 0 aliphatic carbocycles. The Labute approximate surface area is 87.8 Å². The summed E-state index contributed by atoms with van der Waals surface area (Å²) in [6, 6.07) is 0.350. The van der Waals surface area contributed by atoms with Crippen molar-refractivity contribution >= 4 is 28.3 Å². The van der Waals surface area contributed by atoms with E-state index in [-0.39, 0.29) is 0 Å². The van der Waals surface area contributed by atoms with Gasteiger partial charge in [-0.15, -0.1) is 0 Å². The quantitative estimate of drug-likeness (QED) is 0.353. The van der Waals surface area contributed by atoms with Crippen LogP contribution in [0.2, 0.25) is 6.04 Å². The fourth-order valence-electron chi connectivity index (χ4n) is 0.835. The van der Waals surface area contributed by atoms with Crippen molar-refractivity contribution in [3.63, 3.8) is 0 Å². The van der Waals surface area contributed by atoms with Crippen LogP contribution in [0.15, 0.2) is 0 Å². The molecule has 0 aromatic heterocycles. The lowest BCUT2D eigenvalue weighted by atomic mass is 10.5. The molecule has 0 heterocycles. The summed E-state index contributed by atoms with van der Waals surface area (Å²) < 4.78 is 14.7. The molecule has 0 aliphatic rings. The molecular weight excluding hydrogens is 242 g/mol. The zero-order valence-electron chi connectivity index (χ0n) is 7.77. The zero-order chi connectivity index (χ0) is 11.0. The molecule has 1 unspecified atom stereocenters. The maximum Gasteiger partial charge on any atom is 0.563 e. The topological polar surface area (TPSA) is 114 Å². The molecule has 0 amide bonds. The molecule has 0 rings (SSSR count). The molecule has 0 spiro atoms. The summed E-state index contributed by atoms with van der Waals surface area (Å²) in [5.74, 6) is 0. The Balaban J connectivity index is 4.26. The van der Waals surface area contributed by atoms with Gasteiger partial charge in [0.25, 0.3) is 0 Å². The van der Waals surface area contributed by atoms with E-state index in [9.17, 15) is 0 Å². The summed E-state index contributed by atoms with van der Waals surface area (Å²) in [5.41, 5.74) is 5.30. The Kier molecular flexibility index (Phi) is 7.84. The molecular formula is C4H14NO6Si3. The van der Waals surface area contributed by atoms with Gasteiger partial charge in [-0.05, 0) is 13.0 Å². The van der Waals surface area contributed by atoms with Crippen LogP contribution in [0, 0.1) is 0 Å². The molecule has 14 heavy (non-hydrogen) atoms. The zero-order valence-corrected chi connectivity index (χ0v) is 10.8. The molecule has 83 valence electrons. The van der Waals surface area contributed by atoms with Gasteiger partial charge in [0.2, 0.25) is 0 Å². The van der Waals surface area contributed by atoms with Gasteiger partial charge in [0.15, 0.2) is 0 Å². The average Bonchev–Trinajstić information content (AvgIpc) is 2.14. The lowest BCUT2D eigenvalue weighted by Crippen LogP contribution is -2.50. The minimum Gasteiger partial charge on any atom is -0.409 e. The smallest absolute Gasteiger partial charge is 0.409 e. The first kappa shape index (κ1) is 14.4. The maximum atomic E-state index is 8.75. The van der Waals surface area contributed by atoms with Crippen molar-refractivity contribution in [2.45, 2.75) is 12.5 Å². The van der Waals surface area contributed by atoms with Gasteiger partial charge in [-0.1, -0.05) is 0 Å². The first-order chi connectivity index (χ1) is 6.60. The van der Waals surface area contributed by atoms with Crippen molar-refractivity contribution < 1.29 is 27.0 Å². The van der Waals surface area contributed by atoms with Crippen LogP contribution >= 0.6 is 0 Å². The molecule has 1 atom stereocenters. The fourth-order valence-corrected chi connectivity index (χ4v) is 5.37. The third-order valence-electron chi connectivity index (χ3n) is 1.45. The van der Waals surface area contributed by atoms with Crippen molar-refractivity contribution in [1.29, 1.82) is 0 Å². The fraction of sp³-hybridized carbons (Fsp3) is 1.00. The minimum atomic E-state index is -3.13. The van der Waals surface area contributed by atoms with E-state index in [1.54, 1.807) is 0 Å². The number of nitrogens with two attached hydrogens (primary N) is 1. The van der Waals surface area contributed by atoms with E-state index in [0.717, 1.165) is 0 Å². The van der Waals surface area contributed by atoms with Crippen molar-refractivity contribution in [1.82, 2.24) is 0 Å². The maximum absolute atomic E-state index is 8.75. The van der Waals surface area contributed by atoms with Crippen LogP contribution in [0.5, 0.6) is 0 Å².